The molecule has 0 amide bonds. The van der Waals surface area contributed by atoms with E-state index in [1.54, 1.807) is 23.5 Å². The Hall–Kier alpha value is -3.23. The summed E-state index contributed by atoms with van der Waals surface area (Å²) in [5, 5.41) is 9.95. The highest BCUT2D eigenvalue weighted by Crippen LogP contribution is 2.31. The van der Waals surface area contributed by atoms with Crippen LogP contribution >= 0.6 is 11.3 Å². The van der Waals surface area contributed by atoms with Crippen LogP contribution < -0.4 is 5.73 Å². The van der Waals surface area contributed by atoms with Crippen molar-refractivity contribution in [2.24, 2.45) is 0 Å². The van der Waals surface area contributed by atoms with Gasteiger partial charge in [0.1, 0.15) is 10.6 Å². The molecule has 0 atom stereocenters. The van der Waals surface area contributed by atoms with Crippen molar-refractivity contribution < 1.29 is 0 Å². The molecular formula is C20H14N4S. The van der Waals surface area contributed by atoms with Crippen LogP contribution in [0.3, 0.4) is 0 Å². The first-order chi connectivity index (χ1) is 12.2. The third-order valence-corrected chi connectivity index (χ3v) is 4.97. The Balaban J connectivity index is 1.75. The minimum Gasteiger partial charge on any atom is -0.383 e. The topological polar surface area (TPSA) is 75.6 Å². The lowest BCUT2D eigenvalue weighted by Gasteiger charge is -2.02. The molecule has 4 rings (SSSR count). The molecule has 0 fully saturated rings. The molecule has 0 saturated heterocycles. The van der Waals surface area contributed by atoms with E-state index >= 15 is 0 Å². The first-order valence-electron chi connectivity index (χ1n) is 7.83. The average molecular weight is 342 g/mol. The second-order valence-corrected chi connectivity index (χ2v) is 6.83. The van der Waals surface area contributed by atoms with Crippen molar-refractivity contribution in [3.8, 4) is 17.5 Å². The number of nitrogens with zero attached hydrogens (tertiary/aromatic N) is 3. The van der Waals surface area contributed by atoms with Gasteiger partial charge in [0.15, 0.2) is 5.82 Å². The third-order valence-electron chi connectivity index (χ3n) is 3.94. The minimum absolute atomic E-state index is 0.470. The van der Waals surface area contributed by atoms with Gasteiger partial charge >= 0.3 is 0 Å². The molecule has 0 aliphatic heterocycles. The van der Waals surface area contributed by atoms with Gasteiger partial charge in [-0.15, -0.1) is 11.3 Å². The molecule has 120 valence electrons. The molecular weight excluding hydrogens is 328 g/mol. The van der Waals surface area contributed by atoms with Crippen molar-refractivity contribution in [3.63, 3.8) is 0 Å². The molecule has 0 spiro atoms. The van der Waals surface area contributed by atoms with Crippen molar-refractivity contribution in [2.45, 2.75) is 6.42 Å². The van der Waals surface area contributed by atoms with Crippen LogP contribution in [-0.2, 0) is 6.42 Å². The first kappa shape index (κ1) is 15.3. The van der Waals surface area contributed by atoms with Gasteiger partial charge in [0.05, 0.1) is 17.0 Å². The molecule has 0 aliphatic carbocycles. The van der Waals surface area contributed by atoms with Gasteiger partial charge < -0.3 is 5.73 Å². The highest BCUT2D eigenvalue weighted by molar-refractivity contribution is 7.18. The molecule has 25 heavy (non-hydrogen) atoms. The van der Waals surface area contributed by atoms with Crippen LogP contribution in [0, 0.1) is 11.3 Å². The average Bonchev–Trinajstić information content (AvgIpc) is 3.05. The van der Waals surface area contributed by atoms with Crippen molar-refractivity contribution in [1.29, 1.82) is 5.26 Å². The van der Waals surface area contributed by atoms with Crippen molar-refractivity contribution in [1.82, 2.24) is 9.97 Å². The summed E-state index contributed by atoms with van der Waals surface area (Å²) in [7, 11) is 0. The zero-order valence-electron chi connectivity index (χ0n) is 13.3. The molecule has 5 heteroatoms. The zero-order valence-corrected chi connectivity index (χ0v) is 14.1. The lowest BCUT2D eigenvalue weighted by Crippen LogP contribution is -1.96. The van der Waals surface area contributed by atoms with E-state index in [0.29, 0.717) is 17.2 Å². The normalized spacial score (nSPS) is 10.7. The molecule has 0 saturated carbocycles. The minimum atomic E-state index is 0.470. The van der Waals surface area contributed by atoms with Gasteiger partial charge in [-0.2, -0.15) is 5.26 Å². The second kappa shape index (κ2) is 6.34. The number of benzene rings is 2. The number of thiophene rings is 1. The monoisotopic (exact) mass is 342 g/mol. The molecule has 2 aromatic carbocycles. The van der Waals surface area contributed by atoms with Gasteiger partial charge in [-0.25, -0.2) is 9.97 Å². The molecule has 0 aliphatic rings. The summed E-state index contributed by atoms with van der Waals surface area (Å²) in [6.07, 6.45) is 0.848. The Kier molecular flexibility index (Phi) is 3.88. The van der Waals surface area contributed by atoms with Gasteiger partial charge in [0, 0.05) is 16.9 Å². The zero-order chi connectivity index (χ0) is 17.2. The molecule has 0 bridgehead atoms. The van der Waals surface area contributed by atoms with Gasteiger partial charge in [-0.1, -0.05) is 42.5 Å². The van der Waals surface area contributed by atoms with Crippen LogP contribution in [0.25, 0.3) is 21.6 Å². The summed E-state index contributed by atoms with van der Waals surface area (Å²) in [5.41, 5.74) is 8.79. The van der Waals surface area contributed by atoms with E-state index in [9.17, 15) is 0 Å². The fourth-order valence-corrected chi connectivity index (χ4v) is 3.80. The van der Waals surface area contributed by atoms with Gasteiger partial charge in [0.2, 0.25) is 0 Å². The largest absolute Gasteiger partial charge is 0.383 e. The van der Waals surface area contributed by atoms with E-state index in [1.165, 1.54) is 10.4 Å². The van der Waals surface area contributed by atoms with Gasteiger partial charge in [-0.05, 0) is 23.8 Å². The van der Waals surface area contributed by atoms with E-state index in [2.05, 4.69) is 34.2 Å². The summed E-state index contributed by atoms with van der Waals surface area (Å²) < 4.78 is 0. The number of aromatic nitrogens is 2. The summed E-state index contributed by atoms with van der Waals surface area (Å²) >= 11 is 1.63. The Bertz CT molecular complexity index is 1090. The maximum Gasteiger partial charge on any atom is 0.163 e. The summed E-state index contributed by atoms with van der Waals surface area (Å²) in [4.78, 5) is 11.2. The van der Waals surface area contributed by atoms with Crippen LogP contribution in [0.15, 0.2) is 60.7 Å². The molecule has 0 unspecified atom stereocenters. The Morgan fingerprint density at radius 1 is 1.00 bits per heavy atom. The SMILES string of the molecule is N#Cc1cccc(-c2nc(N)c3cc(Cc4ccccc4)sc3n2)c1. The summed E-state index contributed by atoms with van der Waals surface area (Å²) in [6, 6.07) is 21.8. The molecule has 0 radical (unpaired) electrons. The lowest BCUT2D eigenvalue weighted by molar-refractivity contribution is 1.24. The highest BCUT2D eigenvalue weighted by Gasteiger charge is 2.12. The van der Waals surface area contributed by atoms with E-state index in [-0.39, 0.29) is 0 Å². The first-order valence-corrected chi connectivity index (χ1v) is 8.65. The maximum absolute atomic E-state index is 9.07. The Morgan fingerprint density at radius 2 is 1.84 bits per heavy atom. The third kappa shape index (κ3) is 3.08. The molecule has 2 heterocycles. The van der Waals surface area contributed by atoms with Crippen LogP contribution in [0.1, 0.15) is 16.0 Å². The van der Waals surface area contributed by atoms with Crippen molar-refractivity contribution >= 4 is 27.4 Å². The predicted octanol–water partition coefficient (Wildman–Crippen LogP) is 4.40. The standard InChI is InChI=1S/C20H14N4S/c21-12-14-7-4-8-15(9-14)19-23-18(22)17-11-16(25-20(17)24-19)10-13-5-2-1-3-6-13/h1-9,11H,10H2,(H2,22,23,24). The predicted molar refractivity (Wildman–Crippen MR) is 101 cm³/mol. The van der Waals surface area contributed by atoms with Crippen LogP contribution in [0.4, 0.5) is 5.82 Å². The highest BCUT2D eigenvalue weighted by atomic mass is 32.1. The number of rotatable bonds is 3. The quantitative estimate of drug-likeness (QED) is 0.598. The number of nitrogens with two attached hydrogens (primary N) is 1. The van der Waals surface area contributed by atoms with E-state index in [0.717, 1.165) is 22.2 Å². The number of nitrogen functional groups attached to an aromatic ring is 1. The second-order valence-electron chi connectivity index (χ2n) is 5.72. The number of fused-ring (bicyclic) bond motifs is 1. The van der Waals surface area contributed by atoms with Crippen molar-refractivity contribution in [2.75, 3.05) is 5.73 Å². The fourth-order valence-electron chi connectivity index (χ4n) is 2.73. The van der Waals surface area contributed by atoms with E-state index < -0.39 is 0 Å². The van der Waals surface area contributed by atoms with E-state index in [1.807, 2.05) is 30.3 Å². The van der Waals surface area contributed by atoms with Crippen LogP contribution in [0.2, 0.25) is 0 Å². The van der Waals surface area contributed by atoms with Gasteiger partial charge in [-0.3, -0.25) is 0 Å². The van der Waals surface area contributed by atoms with Crippen molar-refractivity contribution in [3.05, 3.63) is 76.7 Å². The fraction of sp³-hybridized carbons (Fsp3) is 0.0500. The lowest BCUT2D eigenvalue weighted by atomic mass is 10.1. The molecule has 4 nitrogen and oxygen atoms in total. The van der Waals surface area contributed by atoms with E-state index in [4.69, 9.17) is 11.0 Å². The van der Waals surface area contributed by atoms with Crippen LogP contribution in [0.5, 0.6) is 0 Å². The summed E-state index contributed by atoms with van der Waals surface area (Å²) in [6.45, 7) is 0. The number of hydrogen-bond acceptors (Lipinski definition) is 5. The summed E-state index contributed by atoms with van der Waals surface area (Å²) in [5.74, 6) is 1.02. The van der Waals surface area contributed by atoms with Gasteiger partial charge in [0.25, 0.3) is 0 Å². The number of anilines is 1. The smallest absolute Gasteiger partial charge is 0.163 e. The number of nitriles is 1. The molecule has 4 aromatic rings. The Morgan fingerprint density at radius 3 is 2.64 bits per heavy atom. The molecule has 2 aromatic heterocycles. The number of hydrogen-bond donors (Lipinski definition) is 1. The maximum atomic E-state index is 9.07. The molecule has 2 N–H and O–H groups in total. The Labute approximate surface area is 149 Å². The van der Waals surface area contributed by atoms with Crippen LogP contribution in [-0.4, -0.2) is 9.97 Å².